The van der Waals surface area contributed by atoms with E-state index < -0.39 is 26.6 Å². The highest BCUT2D eigenvalue weighted by molar-refractivity contribution is 7.93. The zero-order chi connectivity index (χ0) is 19.5. The van der Waals surface area contributed by atoms with Gasteiger partial charge in [-0.15, -0.1) is 0 Å². The first-order chi connectivity index (χ1) is 12.9. The van der Waals surface area contributed by atoms with Gasteiger partial charge in [0.2, 0.25) is 0 Å². The van der Waals surface area contributed by atoms with E-state index in [2.05, 4.69) is 6.58 Å². The van der Waals surface area contributed by atoms with Gasteiger partial charge >= 0.3 is 0 Å². The molecule has 0 heterocycles. The minimum absolute atomic E-state index is 0.162. The number of aliphatic hydroxyl groups excluding tert-OH is 1. The monoisotopic (exact) mass is 386 g/mol. The third kappa shape index (κ3) is 3.59. The van der Waals surface area contributed by atoms with E-state index in [1.54, 1.807) is 37.3 Å². The van der Waals surface area contributed by atoms with Crippen molar-refractivity contribution >= 4 is 9.84 Å². The van der Waals surface area contributed by atoms with Crippen molar-refractivity contribution in [3.63, 3.8) is 0 Å². The maximum atomic E-state index is 13.6. The molecule has 5 heteroatoms. The van der Waals surface area contributed by atoms with Crippen LogP contribution in [-0.2, 0) is 21.2 Å². The Bertz CT molecular complexity index is 877. The Morgan fingerprint density at radius 3 is 2.33 bits per heavy atom. The van der Waals surface area contributed by atoms with E-state index in [9.17, 15) is 13.5 Å². The van der Waals surface area contributed by atoms with Crippen LogP contribution in [0.5, 0.6) is 0 Å². The fourth-order valence-electron chi connectivity index (χ4n) is 4.09. The molecule has 4 nitrogen and oxygen atoms in total. The predicted octanol–water partition coefficient (Wildman–Crippen LogP) is 3.76. The van der Waals surface area contributed by atoms with E-state index in [0.717, 1.165) is 5.56 Å². The maximum absolute atomic E-state index is 13.6. The molecule has 0 bridgehead atoms. The fourth-order valence-corrected chi connectivity index (χ4v) is 6.49. The van der Waals surface area contributed by atoms with Crippen LogP contribution >= 0.6 is 0 Å². The predicted molar refractivity (Wildman–Crippen MR) is 106 cm³/mol. The molecule has 2 aromatic carbocycles. The highest BCUT2D eigenvalue weighted by Crippen LogP contribution is 2.49. The van der Waals surface area contributed by atoms with Crippen molar-refractivity contribution in [3.8, 4) is 0 Å². The van der Waals surface area contributed by atoms with Gasteiger partial charge in [0.05, 0.1) is 24.2 Å². The van der Waals surface area contributed by atoms with E-state index in [4.69, 9.17) is 4.74 Å². The zero-order valence-electron chi connectivity index (χ0n) is 15.5. The number of benzene rings is 2. The van der Waals surface area contributed by atoms with Gasteiger partial charge in [-0.2, -0.15) is 0 Å². The Labute approximate surface area is 161 Å². The molecule has 0 unspecified atom stereocenters. The smallest absolute Gasteiger partial charge is 0.188 e. The topological polar surface area (TPSA) is 63.6 Å². The first kappa shape index (κ1) is 19.8. The number of hydrogen-bond acceptors (Lipinski definition) is 4. The highest BCUT2D eigenvalue weighted by atomic mass is 32.2. The highest BCUT2D eigenvalue weighted by Gasteiger charge is 2.57. The molecule has 0 aromatic heterocycles. The van der Waals surface area contributed by atoms with E-state index in [-0.39, 0.29) is 11.5 Å². The number of ether oxygens (including phenoxy) is 1. The third-order valence-electron chi connectivity index (χ3n) is 5.54. The summed E-state index contributed by atoms with van der Waals surface area (Å²) >= 11 is 0. The van der Waals surface area contributed by atoms with Crippen LogP contribution in [-0.4, -0.2) is 31.0 Å². The molecular weight excluding hydrogens is 360 g/mol. The van der Waals surface area contributed by atoms with Gasteiger partial charge in [-0.25, -0.2) is 8.42 Å². The van der Waals surface area contributed by atoms with Crippen molar-refractivity contribution in [1.82, 2.24) is 0 Å². The second kappa shape index (κ2) is 7.97. The van der Waals surface area contributed by atoms with Crippen molar-refractivity contribution < 1.29 is 18.3 Å². The van der Waals surface area contributed by atoms with Gasteiger partial charge in [-0.3, -0.25) is 0 Å². The molecule has 3 rings (SSSR count). The van der Waals surface area contributed by atoms with Gasteiger partial charge in [0.1, 0.15) is 4.75 Å². The van der Waals surface area contributed by atoms with Gasteiger partial charge in [-0.05, 0) is 37.5 Å². The van der Waals surface area contributed by atoms with Crippen molar-refractivity contribution in [3.05, 3.63) is 78.4 Å². The second-order valence-corrected chi connectivity index (χ2v) is 9.41. The summed E-state index contributed by atoms with van der Waals surface area (Å²) in [7, 11) is -3.72. The summed E-state index contributed by atoms with van der Waals surface area (Å²) in [5, 5.41) is 10.6. The Hall–Kier alpha value is -1.95. The number of rotatable bonds is 7. The Morgan fingerprint density at radius 2 is 1.74 bits per heavy atom. The Kier molecular flexibility index (Phi) is 5.84. The van der Waals surface area contributed by atoms with Crippen LogP contribution in [0.3, 0.4) is 0 Å². The normalized spacial score (nSPS) is 25.4. The minimum atomic E-state index is -3.72. The van der Waals surface area contributed by atoms with Crippen LogP contribution in [0.15, 0.2) is 77.7 Å². The molecule has 0 radical (unpaired) electrons. The molecule has 0 amide bonds. The Balaban J connectivity index is 1.89. The summed E-state index contributed by atoms with van der Waals surface area (Å²) < 4.78 is 31.7. The molecule has 1 saturated carbocycles. The van der Waals surface area contributed by atoms with Gasteiger partial charge in [0.15, 0.2) is 9.84 Å². The van der Waals surface area contributed by atoms with Crippen molar-refractivity contribution in [2.24, 2.45) is 5.92 Å². The molecule has 1 N–H and O–H groups in total. The first-order valence-electron chi connectivity index (χ1n) is 9.15. The SMILES string of the molecule is C=C(C)[C@@]1(S(=O)(=O)c2ccccc2)CC[C@@H](O)[C@@H]1COCc1ccccc1. The molecule has 2 aromatic rings. The summed E-state index contributed by atoms with van der Waals surface area (Å²) in [5.74, 6) is -0.552. The van der Waals surface area contributed by atoms with Gasteiger partial charge in [-0.1, -0.05) is 60.7 Å². The summed E-state index contributed by atoms with van der Waals surface area (Å²) in [6, 6.07) is 18.1. The largest absolute Gasteiger partial charge is 0.393 e. The molecule has 144 valence electrons. The molecular formula is C22H26O4S. The van der Waals surface area contributed by atoms with Gasteiger partial charge < -0.3 is 9.84 Å². The van der Waals surface area contributed by atoms with Crippen LogP contribution in [0.1, 0.15) is 25.3 Å². The fraction of sp³-hybridized carbons (Fsp3) is 0.364. The van der Waals surface area contributed by atoms with E-state index in [1.807, 2.05) is 30.3 Å². The average Bonchev–Trinajstić information content (AvgIpc) is 3.02. The molecule has 0 saturated heterocycles. The number of sulfone groups is 1. The van der Waals surface area contributed by atoms with Gasteiger partial charge in [0, 0.05) is 5.92 Å². The average molecular weight is 387 g/mol. The van der Waals surface area contributed by atoms with E-state index in [1.165, 1.54) is 0 Å². The summed E-state index contributed by atoms with van der Waals surface area (Å²) in [6.45, 7) is 6.28. The lowest BCUT2D eigenvalue weighted by Crippen LogP contribution is -2.47. The molecule has 0 aliphatic heterocycles. The van der Waals surface area contributed by atoms with Crippen LogP contribution < -0.4 is 0 Å². The second-order valence-electron chi connectivity index (χ2n) is 7.20. The van der Waals surface area contributed by atoms with E-state index in [0.29, 0.717) is 25.0 Å². The van der Waals surface area contributed by atoms with Gasteiger partial charge in [0.25, 0.3) is 0 Å². The molecule has 27 heavy (non-hydrogen) atoms. The van der Waals surface area contributed by atoms with Crippen molar-refractivity contribution in [2.45, 2.75) is 42.1 Å². The molecule has 1 aliphatic carbocycles. The van der Waals surface area contributed by atoms with Crippen LogP contribution in [0.2, 0.25) is 0 Å². The van der Waals surface area contributed by atoms with Crippen LogP contribution in [0.25, 0.3) is 0 Å². The number of aliphatic hydroxyl groups is 1. The molecule has 1 fully saturated rings. The quantitative estimate of drug-likeness (QED) is 0.736. The molecule has 3 atom stereocenters. The lowest BCUT2D eigenvalue weighted by Gasteiger charge is -2.36. The standard InChI is InChI=1S/C22H26O4S/c1-17(2)22(27(24,25)19-11-7-4-8-12-19)14-13-21(23)20(22)16-26-15-18-9-5-3-6-10-18/h3-12,20-21,23H,1,13-16H2,2H3/t20-,21+,22-/m0/s1. The lowest BCUT2D eigenvalue weighted by atomic mass is 9.89. The molecule has 1 aliphatic rings. The van der Waals surface area contributed by atoms with Crippen LogP contribution in [0.4, 0.5) is 0 Å². The maximum Gasteiger partial charge on any atom is 0.188 e. The van der Waals surface area contributed by atoms with Crippen molar-refractivity contribution in [2.75, 3.05) is 6.61 Å². The Morgan fingerprint density at radius 1 is 1.15 bits per heavy atom. The molecule has 0 spiro atoms. The number of hydrogen-bond donors (Lipinski definition) is 1. The zero-order valence-corrected chi connectivity index (χ0v) is 16.4. The van der Waals surface area contributed by atoms with Crippen molar-refractivity contribution in [1.29, 1.82) is 0 Å². The minimum Gasteiger partial charge on any atom is -0.393 e. The lowest BCUT2D eigenvalue weighted by molar-refractivity contribution is 0.0299. The summed E-state index contributed by atoms with van der Waals surface area (Å²) in [5.41, 5.74) is 1.56. The summed E-state index contributed by atoms with van der Waals surface area (Å²) in [6.07, 6.45) is 0.0224. The van der Waals surface area contributed by atoms with E-state index >= 15 is 0 Å². The first-order valence-corrected chi connectivity index (χ1v) is 10.6. The third-order valence-corrected chi connectivity index (χ3v) is 8.25. The summed E-state index contributed by atoms with van der Waals surface area (Å²) in [4.78, 5) is 0.259. The van der Waals surface area contributed by atoms with Crippen LogP contribution in [0, 0.1) is 5.92 Å².